The molecule has 0 amide bonds. The summed E-state index contributed by atoms with van der Waals surface area (Å²) in [5.74, 6) is 1.97. The van der Waals surface area contributed by atoms with Crippen LogP contribution >= 0.6 is 0 Å². The maximum Gasteiger partial charge on any atom is 0.141 e. The Labute approximate surface area is 352 Å². The topological polar surface area (TPSA) is 35.6 Å². The fraction of sp³-hybridized carbons (Fsp3) is 0.0357. The highest BCUT2D eigenvalue weighted by Gasteiger charge is 2.23. The van der Waals surface area contributed by atoms with Crippen LogP contribution in [-0.4, -0.2) is 19.1 Å². The predicted octanol–water partition coefficient (Wildman–Crippen LogP) is 13.9. The first-order chi connectivity index (χ1) is 29.8. The lowest BCUT2D eigenvalue weighted by Gasteiger charge is -2.14. The quantitative estimate of drug-likeness (QED) is 0.139. The second kappa shape index (κ2) is 18.2. The first kappa shape index (κ1) is 37.7. The number of hydrogen-bond donors (Lipinski definition) is 0. The Balaban J connectivity index is 0.000000154. The summed E-state index contributed by atoms with van der Waals surface area (Å²) in [7, 11) is 0. The summed E-state index contributed by atoms with van der Waals surface area (Å²) < 4.78 is 4.70. The van der Waals surface area contributed by atoms with E-state index in [1.54, 1.807) is 0 Å². The molecule has 60 heavy (non-hydrogen) atoms. The number of nitrogens with zero attached hydrogens (tertiary/aromatic N) is 4. The van der Waals surface area contributed by atoms with Gasteiger partial charge in [0.25, 0.3) is 0 Å². The van der Waals surface area contributed by atoms with Gasteiger partial charge >= 0.3 is 0 Å². The second-order valence-electron chi connectivity index (χ2n) is 14.6. The molecule has 2 aromatic heterocycles. The van der Waals surface area contributed by atoms with Crippen molar-refractivity contribution in [2.45, 2.75) is 13.1 Å². The molecule has 10 aromatic rings. The van der Waals surface area contributed by atoms with Crippen LogP contribution in [-0.2, 0) is 13.1 Å². The normalized spacial score (nSPS) is 10.8. The number of hydrogen-bond acceptors (Lipinski definition) is 2. The summed E-state index contributed by atoms with van der Waals surface area (Å²) in [5, 5.41) is 0. The SMILES string of the molecule is c1ccc(Cn2c(-c3ccccc3)nc(-c3ccccc3)c2-c2ccccc2)cc1.c1ccc(Cn2c(-c3ccccc3)nc(-c3ccccc3)c2-c2ccccc2)cc1. The zero-order chi connectivity index (χ0) is 40.4. The van der Waals surface area contributed by atoms with E-state index in [4.69, 9.17) is 9.97 Å². The van der Waals surface area contributed by atoms with Crippen molar-refractivity contribution < 1.29 is 0 Å². The van der Waals surface area contributed by atoms with Crippen molar-refractivity contribution in [3.05, 3.63) is 254 Å². The van der Waals surface area contributed by atoms with Gasteiger partial charge in [0.05, 0.1) is 22.8 Å². The van der Waals surface area contributed by atoms with E-state index >= 15 is 0 Å². The lowest BCUT2D eigenvalue weighted by atomic mass is 10.0. The molecular formula is C56H44N4. The second-order valence-corrected chi connectivity index (χ2v) is 14.6. The summed E-state index contributed by atoms with van der Waals surface area (Å²) >= 11 is 0. The third-order valence-electron chi connectivity index (χ3n) is 10.6. The minimum absolute atomic E-state index is 0.759. The summed E-state index contributed by atoms with van der Waals surface area (Å²) in [6.07, 6.45) is 0. The first-order valence-electron chi connectivity index (χ1n) is 20.4. The van der Waals surface area contributed by atoms with Gasteiger partial charge in [-0.1, -0.05) is 243 Å². The van der Waals surface area contributed by atoms with E-state index in [1.807, 2.05) is 24.3 Å². The average molecular weight is 773 g/mol. The fourth-order valence-corrected chi connectivity index (χ4v) is 7.73. The molecule has 0 atom stereocenters. The van der Waals surface area contributed by atoms with E-state index in [0.717, 1.165) is 69.8 Å². The van der Waals surface area contributed by atoms with Crippen LogP contribution in [0.15, 0.2) is 243 Å². The predicted molar refractivity (Wildman–Crippen MR) is 248 cm³/mol. The van der Waals surface area contributed by atoms with Crippen LogP contribution in [0, 0.1) is 0 Å². The molecule has 0 radical (unpaired) electrons. The minimum atomic E-state index is 0.759. The number of rotatable bonds is 10. The van der Waals surface area contributed by atoms with E-state index in [9.17, 15) is 0 Å². The molecule has 0 spiro atoms. The van der Waals surface area contributed by atoms with Gasteiger partial charge in [-0.05, 0) is 11.1 Å². The molecule has 0 aliphatic rings. The molecule has 4 nitrogen and oxygen atoms in total. The van der Waals surface area contributed by atoms with Gasteiger partial charge in [-0.15, -0.1) is 0 Å². The van der Waals surface area contributed by atoms with Gasteiger partial charge in [-0.2, -0.15) is 0 Å². The van der Waals surface area contributed by atoms with Crippen molar-refractivity contribution in [2.24, 2.45) is 0 Å². The molecule has 0 N–H and O–H groups in total. The fourth-order valence-electron chi connectivity index (χ4n) is 7.73. The Kier molecular flexibility index (Phi) is 11.4. The van der Waals surface area contributed by atoms with Crippen LogP contribution < -0.4 is 0 Å². The summed E-state index contributed by atoms with van der Waals surface area (Å²) in [6, 6.07) is 84.1. The van der Waals surface area contributed by atoms with Crippen molar-refractivity contribution in [1.29, 1.82) is 0 Å². The zero-order valence-corrected chi connectivity index (χ0v) is 33.3. The summed E-state index contributed by atoms with van der Waals surface area (Å²) in [6.45, 7) is 1.52. The van der Waals surface area contributed by atoms with E-state index in [0.29, 0.717) is 0 Å². The van der Waals surface area contributed by atoms with Crippen LogP contribution in [0.2, 0.25) is 0 Å². The molecular weight excluding hydrogens is 729 g/mol. The van der Waals surface area contributed by atoms with E-state index in [-0.39, 0.29) is 0 Å². The van der Waals surface area contributed by atoms with Gasteiger partial charge in [0.2, 0.25) is 0 Å². The molecule has 4 heteroatoms. The Hall–Kier alpha value is -7.82. The van der Waals surface area contributed by atoms with E-state index in [2.05, 4.69) is 228 Å². The van der Waals surface area contributed by atoms with Gasteiger partial charge in [-0.25, -0.2) is 9.97 Å². The third-order valence-corrected chi connectivity index (χ3v) is 10.6. The third kappa shape index (κ3) is 8.40. The Morgan fingerprint density at radius 1 is 0.250 bits per heavy atom. The Bertz CT molecular complexity index is 2650. The van der Waals surface area contributed by atoms with Gasteiger partial charge in [0.15, 0.2) is 0 Å². The molecule has 0 bridgehead atoms. The molecule has 10 rings (SSSR count). The molecule has 0 unspecified atom stereocenters. The van der Waals surface area contributed by atoms with Crippen LogP contribution in [0.1, 0.15) is 11.1 Å². The average Bonchev–Trinajstić information content (AvgIpc) is 3.90. The van der Waals surface area contributed by atoms with Crippen LogP contribution in [0.4, 0.5) is 0 Å². The lowest BCUT2D eigenvalue weighted by molar-refractivity contribution is 0.814. The van der Waals surface area contributed by atoms with Crippen molar-refractivity contribution >= 4 is 0 Å². The van der Waals surface area contributed by atoms with Crippen LogP contribution in [0.25, 0.3) is 67.8 Å². The van der Waals surface area contributed by atoms with Crippen LogP contribution in [0.3, 0.4) is 0 Å². The molecule has 0 saturated heterocycles. The van der Waals surface area contributed by atoms with Crippen molar-refractivity contribution in [2.75, 3.05) is 0 Å². The van der Waals surface area contributed by atoms with Crippen molar-refractivity contribution in [3.8, 4) is 67.8 Å². The number of benzene rings is 8. The highest BCUT2D eigenvalue weighted by molar-refractivity contribution is 5.83. The largest absolute Gasteiger partial charge is 0.319 e. The molecule has 0 fully saturated rings. The maximum atomic E-state index is 5.19. The van der Waals surface area contributed by atoms with E-state index in [1.165, 1.54) is 22.3 Å². The van der Waals surface area contributed by atoms with Gasteiger partial charge in [0, 0.05) is 46.5 Å². The minimum Gasteiger partial charge on any atom is -0.319 e. The standard InChI is InChI=1S/2C28H22N2/c2*1-5-13-22(14-6-1)21-30-27(24-17-9-3-10-18-24)26(23-15-7-2-8-16-23)29-28(30)25-19-11-4-12-20-25/h2*1-20H,21H2. The van der Waals surface area contributed by atoms with Crippen LogP contribution in [0.5, 0.6) is 0 Å². The van der Waals surface area contributed by atoms with E-state index < -0.39 is 0 Å². The molecule has 8 aromatic carbocycles. The van der Waals surface area contributed by atoms with Crippen molar-refractivity contribution in [3.63, 3.8) is 0 Å². The lowest BCUT2D eigenvalue weighted by Crippen LogP contribution is -2.04. The van der Waals surface area contributed by atoms with Crippen molar-refractivity contribution in [1.82, 2.24) is 19.1 Å². The Morgan fingerprint density at radius 2 is 0.483 bits per heavy atom. The highest BCUT2D eigenvalue weighted by atomic mass is 15.1. The smallest absolute Gasteiger partial charge is 0.141 e. The maximum absolute atomic E-state index is 5.19. The molecule has 0 aliphatic carbocycles. The molecule has 288 valence electrons. The molecule has 0 saturated carbocycles. The van der Waals surface area contributed by atoms with Gasteiger partial charge in [0.1, 0.15) is 11.6 Å². The van der Waals surface area contributed by atoms with Gasteiger partial charge < -0.3 is 9.13 Å². The highest BCUT2D eigenvalue weighted by Crippen LogP contribution is 2.38. The Morgan fingerprint density at radius 3 is 0.767 bits per heavy atom. The first-order valence-corrected chi connectivity index (χ1v) is 20.4. The van der Waals surface area contributed by atoms with Gasteiger partial charge in [-0.3, -0.25) is 0 Å². The summed E-state index contributed by atoms with van der Waals surface area (Å²) in [4.78, 5) is 10.4. The summed E-state index contributed by atoms with van der Waals surface area (Å²) in [5.41, 5.74) is 13.6. The zero-order valence-electron chi connectivity index (χ0n) is 33.3. The molecule has 2 heterocycles. The number of aromatic nitrogens is 4. The number of imidazole rings is 2. The molecule has 0 aliphatic heterocycles. The monoisotopic (exact) mass is 772 g/mol.